The highest BCUT2D eigenvalue weighted by Gasteiger charge is 2.23. The lowest BCUT2D eigenvalue weighted by molar-refractivity contribution is -0.117. The molecule has 1 unspecified atom stereocenters. The molecule has 2 amide bonds. The maximum absolute atomic E-state index is 13.3. The zero-order valence-electron chi connectivity index (χ0n) is 14.7. The Labute approximate surface area is 156 Å². The summed E-state index contributed by atoms with van der Waals surface area (Å²) in [6.07, 6.45) is 1.89. The maximum Gasteiger partial charge on any atom is 0.232 e. The number of amides is 2. The van der Waals surface area contributed by atoms with E-state index in [1.54, 1.807) is 54.8 Å². The summed E-state index contributed by atoms with van der Waals surface area (Å²) in [7, 11) is 0. The fourth-order valence-corrected chi connectivity index (χ4v) is 2.79. The van der Waals surface area contributed by atoms with Gasteiger partial charge in [-0.1, -0.05) is 18.2 Å². The molecule has 27 heavy (non-hydrogen) atoms. The van der Waals surface area contributed by atoms with Gasteiger partial charge in [0.05, 0.1) is 12.2 Å². The van der Waals surface area contributed by atoms with Crippen molar-refractivity contribution in [2.24, 2.45) is 0 Å². The van der Waals surface area contributed by atoms with Crippen LogP contribution in [-0.4, -0.2) is 11.8 Å². The Morgan fingerprint density at radius 1 is 1.00 bits per heavy atom. The number of halogens is 1. The summed E-state index contributed by atoms with van der Waals surface area (Å²) in [5.74, 6) is -0.704. The second-order valence-corrected chi connectivity index (χ2v) is 6.14. The van der Waals surface area contributed by atoms with Gasteiger partial charge in [-0.15, -0.1) is 0 Å². The third-order valence-electron chi connectivity index (χ3n) is 4.02. The molecule has 6 heteroatoms. The average Bonchev–Trinajstić information content (AvgIpc) is 3.13. The molecule has 0 aliphatic carbocycles. The van der Waals surface area contributed by atoms with Gasteiger partial charge in [-0.05, 0) is 48.0 Å². The van der Waals surface area contributed by atoms with Gasteiger partial charge in [0.2, 0.25) is 11.8 Å². The summed E-state index contributed by atoms with van der Waals surface area (Å²) in [4.78, 5) is 24.1. The Kier molecular flexibility index (Phi) is 5.66. The highest BCUT2D eigenvalue weighted by molar-refractivity contribution is 5.97. The number of carbonyl (C=O) groups excluding carboxylic acids is 2. The first kappa shape index (κ1) is 18.4. The SMILES string of the molecule is CC(=O)Nc1cccc(NC(=O)C(Cc2ccco2)c2ccc(F)cc2)c1. The molecule has 0 spiro atoms. The molecular weight excluding hydrogens is 347 g/mol. The normalized spacial score (nSPS) is 11.6. The minimum absolute atomic E-state index is 0.194. The number of furan rings is 1. The lowest BCUT2D eigenvalue weighted by atomic mass is 9.93. The Bertz CT molecular complexity index is 921. The van der Waals surface area contributed by atoms with E-state index in [9.17, 15) is 14.0 Å². The Morgan fingerprint density at radius 2 is 1.70 bits per heavy atom. The second kappa shape index (κ2) is 8.31. The molecule has 3 rings (SSSR count). The molecule has 1 aromatic heterocycles. The van der Waals surface area contributed by atoms with Crippen LogP contribution in [0.15, 0.2) is 71.3 Å². The molecule has 0 bridgehead atoms. The van der Waals surface area contributed by atoms with E-state index >= 15 is 0 Å². The molecule has 0 radical (unpaired) electrons. The highest BCUT2D eigenvalue weighted by Crippen LogP contribution is 2.24. The third-order valence-corrected chi connectivity index (χ3v) is 4.02. The molecule has 5 nitrogen and oxygen atoms in total. The summed E-state index contributed by atoms with van der Waals surface area (Å²) in [5, 5.41) is 5.53. The van der Waals surface area contributed by atoms with E-state index in [1.807, 2.05) is 0 Å². The average molecular weight is 366 g/mol. The molecule has 2 aromatic carbocycles. The van der Waals surface area contributed by atoms with E-state index in [2.05, 4.69) is 10.6 Å². The fourth-order valence-electron chi connectivity index (χ4n) is 2.79. The molecule has 0 aliphatic rings. The number of benzene rings is 2. The molecule has 0 saturated heterocycles. The molecular formula is C21H19FN2O3. The Hall–Kier alpha value is -3.41. The molecule has 0 fully saturated rings. The summed E-state index contributed by atoms with van der Waals surface area (Å²) in [5.41, 5.74) is 1.82. The van der Waals surface area contributed by atoms with Crippen LogP contribution < -0.4 is 10.6 Å². The molecule has 138 valence electrons. The summed E-state index contributed by atoms with van der Waals surface area (Å²) < 4.78 is 18.6. The molecule has 2 N–H and O–H groups in total. The first-order valence-corrected chi connectivity index (χ1v) is 8.47. The number of carbonyl (C=O) groups is 2. The van der Waals surface area contributed by atoms with Gasteiger partial charge in [0, 0.05) is 24.7 Å². The summed E-state index contributed by atoms with van der Waals surface area (Å²) in [6, 6.07) is 16.3. The van der Waals surface area contributed by atoms with Crippen LogP contribution in [0.25, 0.3) is 0 Å². The van der Waals surface area contributed by atoms with E-state index in [1.165, 1.54) is 19.1 Å². The number of nitrogens with one attached hydrogen (secondary N) is 2. The number of hydrogen-bond donors (Lipinski definition) is 2. The van der Waals surface area contributed by atoms with Crippen LogP contribution in [0.2, 0.25) is 0 Å². The standard InChI is InChI=1S/C21H19FN2O3/c1-14(25)23-17-4-2-5-18(12-17)24-21(26)20(13-19-6-3-11-27-19)15-7-9-16(22)10-8-15/h2-12,20H,13H2,1H3,(H,23,25)(H,24,26). The van der Waals surface area contributed by atoms with Gasteiger partial charge in [-0.25, -0.2) is 4.39 Å². The monoisotopic (exact) mass is 366 g/mol. The van der Waals surface area contributed by atoms with Gasteiger partial charge in [-0.2, -0.15) is 0 Å². The molecule has 3 aromatic rings. The van der Waals surface area contributed by atoms with Gasteiger partial charge in [0.15, 0.2) is 0 Å². The van der Waals surface area contributed by atoms with E-state index in [0.29, 0.717) is 29.1 Å². The van der Waals surface area contributed by atoms with E-state index in [4.69, 9.17) is 4.42 Å². The molecule has 1 heterocycles. The summed E-state index contributed by atoms with van der Waals surface area (Å²) in [6.45, 7) is 1.42. The quantitative estimate of drug-likeness (QED) is 0.682. The predicted octanol–water partition coefficient (Wildman–Crippen LogP) is 4.34. The molecule has 1 atom stereocenters. The first-order valence-electron chi connectivity index (χ1n) is 8.47. The van der Waals surface area contributed by atoms with Gasteiger partial charge >= 0.3 is 0 Å². The van der Waals surface area contributed by atoms with Crippen molar-refractivity contribution in [3.63, 3.8) is 0 Å². The zero-order chi connectivity index (χ0) is 19.2. The smallest absolute Gasteiger partial charge is 0.232 e. The van der Waals surface area contributed by atoms with Gasteiger partial charge in [-0.3, -0.25) is 9.59 Å². The van der Waals surface area contributed by atoms with Crippen molar-refractivity contribution in [2.45, 2.75) is 19.3 Å². The second-order valence-electron chi connectivity index (χ2n) is 6.14. The van der Waals surface area contributed by atoms with Crippen LogP contribution >= 0.6 is 0 Å². The van der Waals surface area contributed by atoms with Crippen LogP contribution in [0.1, 0.15) is 24.2 Å². The van der Waals surface area contributed by atoms with Crippen molar-refractivity contribution in [3.05, 3.63) is 84.1 Å². The summed E-state index contributed by atoms with van der Waals surface area (Å²) >= 11 is 0. The highest BCUT2D eigenvalue weighted by atomic mass is 19.1. The van der Waals surface area contributed by atoms with Crippen molar-refractivity contribution in [3.8, 4) is 0 Å². The predicted molar refractivity (Wildman–Crippen MR) is 101 cm³/mol. The minimum atomic E-state index is -0.554. The molecule has 0 aliphatic heterocycles. The van der Waals surface area contributed by atoms with Crippen molar-refractivity contribution in [1.29, 1.82) is 0 Å². The number of anilines is 2. The van der Waals surface area contributed by atoms with E-state index < -0.39 is 5.92 Å². The number of rotatable bonds is 6. The lowest BCUT2D eigenvalue weighted by Crippen LogP contribution is -2.23. The topological polar surface area (TPSA) is 71.3 Å². The Balaban J connectivity index is 1.82. The van der Waals surface area contributed by atoms with E-state index in [-0.39, 0.29) is 17.6 Å². The maximum atomic E-state index is 13.3. The van der Waals surface area contributed by atoms with Crippen molar-refractivity contribution in [1.82, 2.24) is 0 Å². The van der Waals surface area contributed by atoms with Crippen LogP contribution in [0.3, 0.4) is 0 Å². The van der Waals surface area contributed by atoms with Gasteiger partial charge < -0.3 is 15.1 Å². The van der Waals surface area contributed by atoms with Gasteiger partial charge in [0.1, 0.15) is 11.6 Å². The lowest BCUT2D eigenvalue weighted by Gasteiger charge is -2.17. The molecule has 0 saturated carbocycles. The van der Waals surface area contributed by atoms with E-state index in [0.717, 1.165) is 0 Å². The van der Waals surface area contributed by atoms with Crippen LogP contribution in [-0.2, 0) is 16.0 Å². The third kappa shape index (κ3) is 5.04. The van der Waals surface area contributed by atoms with Gasteiger partial charge in [0.25, 0.3) is 0 Å². The first-order chi connectivity index (χ1) is 13.0. The fraction of sp³-hybridized carbons (Fsp3) is 0.143. The van der Waals surface area contributed by atoms with Crippen molar-refractivity contribution in [2.75, 3.05) is 10.6 Å². The van der Waals surface area contributed by atoms with Crippen LogP contribution in [0.4, 0.5) is 15.8 Å². The largest absolute Gasteiger partial charge is 0.469 e. The van der Waals surface area contributed by atoms with Crippen LogP contribution in [0, 0.1) is 5.82 Å². The zero-order valence-corrected chi connectivity index (χ0v) is 14.7. The van der Waals surface area contributed by atoms with Crippen molar-refractivity contribution < 1.29 is 18.4 Å². The number of hydrogen-bond acceptors (Lipinski definition) is 3. The van der Waals surface area contributed by atoms with Crippen LogP contribution in [0.5, 0.6) is 0 Å². The minimum Gasteiger partial charge on any atom is -0.469 e. The Morgan fingerprint density at radius 3 is 2.33 bits per heavy atom. The van der Waals surface area contributed by atoms with Crippen molar-refractivity contribution >= 4 is 23.2 Å².